The minimum atomic E-state index is -0.181. The molecule has 2 aliphatic heterocycles. The Hall–Kier alpha value is -1.01. The molecule has 0 spiro atoms. The summed E-state index contributed by atoms with van der Waals surface area (Å²) in [6, 6.07) is 6.78. The van der Waals surface area contributed by atoms with Gasteiger partial charge in [0.1, 0.15) is 5.82 Å². The third-order valence-electron chi connectivity index (χ3n) is 5.01. The van der Waals surface area contributed by atoms with Gasteiger partial charge in [-0.25, -0.2) is 4.39 Å². The molecule has 1 aromatic carbocycles. The van der Waals surface area contributed by atoms with E-state index in [1.165, 1.54) is 12.1 Å². The van der Waals surface area contributed by atoms with Gasteiger partial charge in [0.15, 0.2) is 0 Å². The molecule has 0 bridgehead atoms. The lowest BCUT2D eigenvalue weighted by Crippen LogP contribution is -2.50. The third kappa shape index (κ3) is 6.03. The summed E-state index contributed by atoms with van der Waals surface area (Å²) >= 11 is 0. The maximum Gasteiger partial charge on any atom is 0.123 e. The second-order valence-corrected chi connectivity index (χ2v) is 8.11. The summed E-state index contributed by atoms with van der Waals surface area (Å²) in [5.74, 6) is -0.181. The molecule has 2 aliphatic rings. The Morgan fingerprint density at radius 3 is 2.36 bits per heavy atom. The number of rotatable bonds is 6. The maximum atomic E-state index is 13.1. The number of nitrogens with zero attached hydrogens (tertiary/aromatic N) is 2. The first kappa shape index (κ1) is 18.8. The van der Waals surface area contributed by atoms with Crippen LogP contribution in [0.25, 0.3) is 0 Å². The minimum Gasteiger partial charge on any atom is -0.379 e. The summed E-state index contributed by atoms with van der Waals surface area (Å²) in [7, 11) is 0. The third-order valence-corrected chi connectivity index (χ3v) is 5.01. The topological polar surface area (TPSA) is 24.9 Å². The maximum absolute atomic E-state index is 13.1. The molecule has 0 amide bonds. The molecule has 2 fully saturated rings. The molecule has 0 aliphatic carbocycles. The van der Waals surface area contributed by atoms with E-state index in [1.807, 2.05) is 12.1 Å². The van der Waals surface area contributed by atoms with E-state index >= 15 is 0 Å². The number of halogens is 1. The van der Waals surface area contributed by atoms with Crippen molar-refractivity contribution in [2.45, 2.75) is 26.4 Å². The van der Waals surface area contributed by atoms with Crippen LogP contribution in [-0.4, -0.2) is 75.0 Å². The van der Waals surface area contributed by atoms with Crippen molar-refractivity contribution in [3.05, 3.63) is 35.6 Å². The molecular formula is C20H31FN2O2. The lowest BCUT2D eigenvalue weighted by Gasteiger charge is -2.40. The number of benzene rings is 1. The summed E-state index contributed by atoms with van der Waals surface area (Å²) in [6.45, 7) is 13.4. The summed E-state index contributed by atoms with van der Waals surface area (Å²) in [5, 5.41) is 0. The van der Waals surface area contributed by atoms with Crippen LogP contribution in [-0.2, 0) is 15.9 Å². The lowest BCUT2D eigenvalue weighted by atomic mass is 9.91. The van der Waals surface area contributed by atoms with E-state index in [-0.39, 0.29) is 17.3 Å². The molecule has 140 valence electrons. The van der Waals surface area contributed by atoms with Gasteiger partial charge in [-0.1, -0.05) is 26.0 Å². The highest BCUT2D eigenvalue weighted by atomic mass is 19.1. The van der Waals surface area contributed by atoms with Gasteiger partial charge >= 0.3 is 0 Å². The fraction of sp³-hybridized carbons (Fsp3) is 0.700. The molecule has 1 aromatic rings. The predicted molar refractivity (Wildman–Crippen MR) is 97.3 cm³/mol. The van der Waals surface area contributed by atoms with Crippen molar-refractivity contribution in [2.75, 3.05) is 59.1 Å². The van der Waals surface area contributed by atoms with Gasteiger partial charge in [-0.2, -0.15) is 0 Å². The molecule has 3 rings (SSSR count). The minimum absolute atomic E-state index is 0.181. The van der Waals surface area contributed by atoms with Gasteiger partial charge in [0.25, 0.3) is 0 Å². The van der Waals surface area contributed by atoms with Crippen molar-refractivity contribution in [3.63, 3.8) is 0 Å². The van der Waals surface area contributed by atoms with Crippen LogP contribution in [0.3, 0.4) is 0 Å². The molecule has 1 atom stereocenters. The Balaban J connectivity index is 1.49. The van der Waals surface area contributed by atoms with Gasteiger partial charge in [0.2, 0.25) is 0 Å². The summed E-state index contributed by atoms with van der Waals surface area (Å²) in [4.78, 5) is 5.04. The molecule has 2 saturated heterocycles. The largest absolute Gasteiger partial charge is 0.379 e. The van der Waals surface area contributed by atoms with Crippen LogP contribution in [0.4, 0.5) is 4.39 Å². The molecule has 0 N–H and O–H groups in total. The number of morpholine rings is 2. The quantitative estimate of drug-likeness (QED) is 0.787. The van der Waals surface area contributed by atoms with Crippen molar-refractivity contribution < 1.29 is 13.9 Å². The van der Waals surface area contributed by atoms with Gasteiger partial charge in [-0.15, -0.1) is 0 Å². The fourth-order valence-electron chi connectivity index (χ4n) is 3.95. The van der Waals surface area contributed by atoms with Gasteiger partial charge < -0.3 is 9.47 Å². The van der Waals surface area contributed by atoms with Crippen molar-refractivity contribution in [2.24, 2.45) is 5.41 Å². The standard InChI is InChI=1S/C20H31FN2O2/c1-20(2,15-22-7-10-24-11-8-22)16-23-9-12-25-19(14-23)13-17-3-5-18(21)6-4-17/h3-6,19H,7-16H2,1-2H3. The van der Waals surface area contributed by atoms with E-state index in [1.54, 1.807) is 0 Å². The average molecular weight is 350 g/mol. The molecule has 1 unspecified atom stereocenters. The highest BCUT2D eigenvalue weighted by molar-refractivity contribution is 5.17. The lowest BCUT2D eigenvalue weighted by molar-refractivity contribution is -0.0439. The first-order valence-corrected chi connectivity index (χ1v) is 9.39. The van der Waals surface area contributed by atoms with E-state index in [4.69, 9.17) is 9.47 Å². The monoisotopic (exact) mass is 350 g/mol. The van der Waals surface area contributed by atoms with Crippen LogP contribution in [0.5, 0.6) is 0 Å². The number of ether oxygens (including phenoxy) is 2. The zero-order valence-corrected chi connectivity index (χ0v) is 15.5. The van der Waals surface area contributed by atoms with Crippen molar-refractivity contribution in [3.8, 4) is 0 Å². The first-order valence-electron chi connectivity index (χ1n) is 9.39. The highest BCUT2D eigenvalue weighted by Crippen LogP contribution is 2.22. The van der Waals surface area contributed by atoms with E-state index in [0.29, 0.717) is 0 Å². The van der Waals surface area contributed by atoms with Crippen LogP contribution in [0.15, 0.2) is 24.3 Å². The zero-order chi connectivity index (χ0) is 17.7. The summed E-state index contributed by atoms with van der Waals surface area (Å²) in [5.41, 5.74) is 1.38. The second kappa shape index (κ2) is 8.58. The molecule has 5 heteroatoms. The molecule has 0 saturated carbocycles. The number of hydrogen-bond acceptors (Lipinski definition) is 4. The second-order valence-electron chi connectivity index (χ2n) is 8.11. The van der Waals surface area contributed by atoms with Gasteiger partial charge in [0, 0.05) is 39.3 Å². The van der Waals surface area contributed by atoms with E-state index in [2.05, 4.69) is 23.6 Å². The molecule has 4 nitrogen and oxygen atoms in total. The first-order chi connectivity index (χ1) is 12.0. The van der Waals surface area contributed by atoms with Crippen molar-refractivity contribution in [1.82, 2.24) is 9.80 Å². The molecule has 25 heavy (non-hydrogen) atoms. The van der Waals surface area contributed by atoms with Gasteiger partial charge in [-0.3, -0.25) is 9.80 Å². The van der Waals surface area contributed by atoms with E-state index < -0.39 is 0 Å². The fourth-order valence-corrected chi connectivity index (χ4v) is 3.95. The Kier molecular flexibility index (Phi) is 6.44. The molecule has 0 radical (unpaired) electrons. The Morgan fingerprint density at radius 2 is 1.64 bits per heavy atom. The molecule has 0 aromatic heterocycles. The smallest absolute Gasteiger partial charge is 0.123 e. The molecule has 2 heterocycles. The van der Waals surface area contributed by atoms with Crippen LogP contribution in [0, 0.1) is 11.2 Å². The van der Waals surface area contributed by atoms with Gasteiger partial charge in [0.05, 0.1) is 25.9 Å². The SMILES string of the molecule is CC(C)(CN1CCOCC1)CN1CCOC(Cc2ccc(F)cc2)C1. The summed E-state index contributed by atoms with van der Waals surface area (Å²) in [6.07, 6.45) is 1.04. The van der Waals surface area contributed by atoms with Crippen LogP contribution in [0.1, 0.15) is 19.4 Å². The van der Waals surface area contributed by atoms with Crippen LogP contribution >= 0.6 is 0 Å². The molecular weight excluding hydrogens is 319 g/mol. The zero-order valence-electron chi connectivity index (χ0n) is 15.5. The van der Waals surface area contributed by atoms with Crippen LogP contribution in [0.2, 0.25) is 0 Å². The summed E-state index contributed by atoms with van der Waals surface area (Å²) < 4.78 is 24.4. The predicted octanol–water partition coefficient (Wildman–Crippen LogP) is 2.43. The Bertz CT molecular complexity index is 529. The average Bonchev–Trinajstić information content (AvgIpc) is 2.57. The Morgan fingerprint density at radius 1 is 1.00 bits per heavy atom. The normalized spacial score (nSPS) is 23.7. The number of hydrogen-bond donors (Lipinski definition) is 0. The van der Waals surface area contributed by atoms with E-state index in [0.717, 1.165) is 71.1 Å². The van der Waals surface area contributed by atoms with Gasteiger partial charge in [-0.05, 0) is 29.5 Å². The van der Waals surface area contributed by atoms with Crippen LogP contribution < -0.4 is 0 Å². The van der Waals surface area contributed by atoms with E-state index in [9.17, 15) is 4.39 Å². The highest BCUT2D eigenvalue weighted by Gasteiger charge is 2.29. The van der Waals surface area contributed by atoms with Crippen molar-refractivity contribution >= 4 is 0 Å². The van der Waals surface area contributed by atoms with Crippen molar-refractivity contribution in [1.29, 1.82) is 0 Å². The Labute approximate surface area is 150 Å².